The SMILES string of the molecule is C[C@@]1(C(=O)NCc2ccccc2)Cn2c(cc3ccccc32)C(=O)N1Cc1ccco1. The highest BCUT2D eigenvalue weighted by Gasteiger charge is 2.47. The van der Waals surface area contributed by atoms with Gasteiger partial charge in [-0.05, 0) is 36.8 Å². The molecule has 2 amide bonds. The van der Waals surface area contributed by atoms with Crippen LogP contribution in [0.25, 0.3) is 10.9 Å². The van der Waals surface area contributed by atoms with Crippen LogP contribution in [0.15, 0.2) is 83.5 Å². The van der Waals surface area contributed by atoms with Crippen molar-refractivity contribution in [1.82, 2.24) is 14.8 Å². The summed E-state index contributed by atoms with van der Waals surface area (Å²) in [5.74, 6) is 0.260. The fourth-order valence-electron chi connectivity index (χ4n) is 4.28. The smallest absolute Gasteiger partial charge is 0.271 e. The number of aromatic nitrogens is 1. The molecule has 1 N–H and O–H groups in total. The number of carbonyl (C=O) groups is 2. The van der Waals surface area contributed by atoms with Crippen molar-refractivity contribution in [1.29, 1.82) is 0 Å². The van der Waals surface area contributed by atoms with Crippen LogP contribution in [0.3, 0.4) is 0 Å². The molecular formula is C25H23N3O3. The van der Waals surface area contributed by atoms with Gasteiger partial charge in [0.15, 0.2) is 0 Å². The Bertz CT molecular complexity index is 1240. The second kappa shape index (κ2) is 7.47. The van der Waals surface area contributed by atoms with E-state index in [0.717, 1.165) is 16.5 Å². The zero-order valence-electron chi connectivity index (χ0n) is 17.2. The number of hydrogen-bond donors (Lipinski definition) is 1. The minimum absolute atomic E-state index is 0.184. The summed E-state index contributed by atoms with van der Waals surface area (Å²) in [5.41, 5.74) is 1.46. The van der Waals surface area contributed by atoms with E-state index in [0.29, 0.717) is 24.5 Å². The lowest BCUT2D eigenvalue weighted by molar-refractivity contribution is -0.133. The number of hydrogen-bond acceptors (Lipinski definition) is 3. The van der Waals surface area contributed by atoms with E-state index in [9.17, 15) is 9.59 Å². The van der Waals surface area contributed by atoms with Crippen molar-refractivity contribution in [3.05, 3.63) is 96.1 Å². The maximum Gasteiger partial charge on any atom is 0.271 e. The topological polar surface area (TPSA) is 67.5 Å². The number of para-hydroxylation sites is 1. The highest BCUT2D eigenvalue weighted by atomic mass is 16.3. The first-order valence-corrected chi connectivity index (χ1v) is 10.3. The van der Waals surface area contributed by atoms with Crippen LogP contribution in [0.4, 0.5) is 0 Å². The summed E-state index contributed by atoms with van der Waals surface area (Å²) in [4.78, 5) is 28.7. The Morgan fingerprint density at radius 2 is 1.84 bits per heavy atom. The lowest BCUT2D eigenvalue weighted by Gasteiger charge is -2.43. The predicted molar refractivity (Wildman–Crippen MR) is 117 cm³/mol. The third-order valence-electron chi connectivity index (χ3n) is 6.02. The Balaban J connectivity index is 1.53. The van der Waals surface area contributed by atoms with Crippen molar-refractivity contribution >= 4 is 22.7 Å². The van der Waals surface area contributed by atoms with Gasteiger partial charge in [0, 0.05) is 17.4 Å². The first-order chi connectivity index (χ1) is 15.1. The lowest BCUT2D eigenvalue weighted by Crippen LogP contribution is -2.63. The zero-order chi connectivity index (χ0) is 21.4. The molecule has 0 unspecified atom stereocenters. The summed E-state index contributed by atoms with van der Waals surface area (Å²) in [5, 5.41) is 4.02. The summed E-state index contributed by atoms with van der Waals surface area (Å²) in [6, 6.07) is 23.1. The molecule has 0 spiro atoms. The van der Waals surface area contributed by atoms with Gasteiger partial charge in [0.25, 0.3) is 5.91 Å². The second-order valence-electron chi connectivity index (χ2n) is 8.09. The largest absolute Gasteiger partial charge is 0.467 e. The predicted octanol–water partition coefficient (Wildman–Crippen LogP) is 3.97. The molecule has 3 heterocycles. The van der Waals surface area contributed by atoms with Crippen molar-refractivity contribution < 1.29 is 14.0 Å². The van der Waals surface area contributed by atoms with E-state index in [2.05, 4.69) is 5.32 Å². The van der Waals surface area contributed by atoms with Crippen LogP contribution in [0.5, 0.6) is 0 Å². The minimum atomic E-state index is -1.08. The summed E-state index contributed by atoms with van der Waals surface area (Å²) in [6.45, 7) is 2.81. The molecule has 6 heteroatoms. The van der Waals surface area contributed by atoms with Crippen molar-refractivity contribution in [3.63, 3.8) is 0 Å². The van der Waals surface area contributed by atoms with Crippen molar-refractivity contribution in [2.45, 2.75) is 32.1 Å². The third-order valence-corrected chi connectivity index (χ3v) is 6.02. The Kier molecular flexibility index (Phi) is 4.62. The molecule has 0 saturated carbocycles. The number of nitrogens with zero attached hydrogens (tertiary/aromatic N) is 2. The fraction of sp³-hybridized carbons (Fsp3) is 0.200. The molecule has 6 nitrogen and oxygen atoms in total. The van der Waals surface area contributed by atoms with Crippen LogP contribution in [-0.2, 0) is 24.4 Å². The highest BCUT2D eigenvalue weighted by molar-refractivity contribution is 6.03. The van der Waals surface area contributed by atoms with E-state index in [1.807, 2.05) is 78.2 Å². The summed E-state index contributed by atoms with van der Waals surface area (Å²) in [7, 11) is 0. The fourth-order valence-corrected chi connectivity index (χ4v) is 4.28. The Morgan fingerprint density at radius 1 is 1.06 bits per heavy atom. The Hall–Kier alpha value is -3.80. The molecule has 0 radical (unpaired) electrons. The van der Waals surface area contributed by atoms with Gasteiger partial charge in [0.05, 0.1) is 19.4 Å². The molecule has 5 rings (SSSR count). The van der Waals surface area contributed by atoms with Crippen molar-refractivity contribution in [2.75, 3.05) is 0 Å². The van der Waals surface area contributed by atoms with Gasteiger partial charge in [-0.2, -0.15) is 0 Å². The monoisotopic (exact) mass is 413 g/mol. The molecule has 2 aromatic heterocycles. The van der Waals surface area contributed by atoms with Crippen LogP contribution in [0.1, 0.15) is 28.7 Å². The van der Waals surface area contributed by atoms with Crippen LogP contribution >= 0.6 is 0 Å². The Labute approximate surface area is 180 Å². The van der Waals surface area contributed by atoms with Gasteiger partial charge in [0.1, 0.15) is 17.0 Å². The number of benzene rings is 2. The molecule has 1 aliphatic rings. The molecule has 1 atom stereocenters. The van der Waals surface area contributed by atoms with Crippen molar-refractivity contribution in [2.24, 2.45) is 0 Å². The number of fused-ring (bicyclic) bond motifs is 3. The normalized spacial score (nSPS) is 18.2. The van der Waals surface area contributed by atoms with Crippen LogP contribution in [-0.4, -0.2) is 26.8 Å². The first-order valence-electron chi connectivity index (χ1n) is 10.3. The molecule has 156 valence electrons. The third kappa shape index (κ3) is 3.30. The molecule has 1 aliphatic heterocycles. The van der Waals surface area contributed by atoms with Gasteiger partial charge in [0.2, 0.25) is 5.91 Å². The van der Waals surface area contributed by atoms with Gasteiger partial charge in [-0.25, -0.2) is 0 Å². The van der Waals surface area contributed by atoms with Gasteiger partial charge in [-0.15, -0.1) is 0 Å². The standard InChI is InChI=1S/C25H23N3O3/c1-25(24(30)26-15-18-8-3-2-4-9-18)17-27-21-12-6-5-10-19(21)14-22(27)23(29)28(25)16-20-11-7-13-31-20/h2-14H,15-17H2,1H3,(H,26,30)/t25-/m0/s1. The number of rotatable bonds is 5. The molecular weight excluding hydrogens is 390 g/mol. The molecule has 0 aliphatic carbocycles. The minimum Gasteiger partial charge on any atom is -0.467 e. The molecule has 4 aromatic rings. The highest BCUT2D eigenvalue weighted by Crippen LogP contribution is 2.33. The quantitative estimate of drug-likeness (QED) is 0.538. The second-order valence-corrected chi connectivity index (χ2v) is 8.09. The molecule has 0 saturated heterocycles. The van der Waals surface area contributed by atoms with Crippen LogP contribution in [0, 0.1) is 0 Å². The van der Waals surface area contributed by atoms with Gasteiger partial charge in [-0.1, -0.05) is 48.5 Å². The molecule has 0 fully saturated rings. The summed E-state index contributed by atoms with van der Waals surface area (Å²) in [6.07, 6.45) is 1.58. The summed E-state index contributed by atoms with van der Waals surface area (Å²) < 4.78 is 7.46. The zero-order valence-corrected chi connectivity index (χ0v) is 17.2. The molecule has 2 aromatic carbocycles. The average molecular weight is 413 g/mol. The number of amides is 2. The number of furan rings is 1. The lowest BCUT2D eigenvalue weighted by atomic mass is 9.94. The average Bonchev–Trinajstić information content (AvgIpc) is 3.44. The van der Waals surface area contributed by atoms with E-state index in [1.54, 1.807) is 17.2 Å². The van der Waals surface area contributed by atoms with Crippen LogP contribution < -0.4 is 5.32 Å². The number of nitrogens with one attached hydrogen (secondary N) is 1. The summed E-state index contributed by atoms with van der Waals surface area (Å²) >= 11 is 0. The van der Waals surface area contributed by atoms with E-state index in [4.69, 9.17) is 4.42 Å². The van der Waals surface area contributed by atoms with E-state index in [1.165, 1.54) is 0 Å². The van der Waals surface area contributed by atoms with Crippen LogP contribution in [0.2, 0.25) is 0 Å². The van der Waals surface area contributed by atoms with Gasteiger partial charge >= 0.3 is 0 Å². The van der Waals surface area contributed by atoms with Crippen molar-refractivity contribution in [3.8, 4) is 0 Å². The van der Waals surface area contributed by atoms with Gasteiger partial charge in [-0.3, -0.25) is 9.59 Å². The Morgan fingerprint density at radius 3 is 2.61 bits per heavy atom. The first kappa shape index (κ1) is 19.2. The molecule has 31 heavy (non-hydrogen) atoms. The van der Waals surface area contributed by atoms with E-state index >= 15 is 0 Å². The number of carbonyl (C=O) groups excluding carboxylic acids is 2. The maximum atomic E-state index is 13.6. The molecule has 0 bridgehead atoms. The van der Waals surface area contributed by atoms with E-state index < -0.39 is 5.54 Å². The van der Waals surface area contributed by atoms with Gasteiger partial charge < -0.3 is 19.2 Å². The van der Waals surface area contributed by atoms with E-state index in [-0.39, 0.29) is 18.4 Å². The maximum absolute atomic E-state index is 13.6.